The molecule has 1 N–H and O–H groups in total. The van der Waals surface area contributed by atoms with Gasteiger partial charge in [0.05, 0.1) is 6.61 Å². The minimum Gasteiger partial charge on any atom is -0.494 e. The van der Waals surface area contributed by atoms with E-state index in [9.17, 15) is 0 Å². The topological polar surface area (TPSA) is 21.3 Å². The van der Waals surface area contributed by atoms with Crippen LogP contribution in [-0.4, -0.2) is 13.2 Å². The maximum absolute atomic E-state index is 5.72. The molecule has 2 nitrogen and oxygen atoms in total. The molecule has 1 aromatic carbocycles. The highest BCUT2D eigenvalue weighted by atomic mass is 16.5. The highest BCUT2D eigenvalue weighted by Crippen LogP contribution is 2.21. The van der Waals surface area contributed by atoms with Crippen LogP contribution in [0.4, 0.5) is 0 Å². The number of rotatable bonds is 10. The van der Waals surface area contributed by atoms with Gasteiger partial charge < -0.3 is 10.1 Å². The molecule has 2 heteroatoms. The van der Waals surface area contributed by atoms with Gasteiger partial charge in [0, 0.05) is 12.5 Å². The number of ether oxygens (including phenoxy) is 1. The van der Waals surface area contributed by atoms with Crippen LogP contribution in [0, 0.1) is 11.8 Å². The standard InChI is InChI=1S/C19H29NO/c1-4-7-9-10-19(20-15-6-3)17-11-13-18(14-12-17)21-16-8-5-2/h11-14,19-20H,5-6,8-10,15-16H2,1-3H3. The van der Waals surface area contributed by atoms with Crippen molar-refractivity contribution in [3.63, 3.8) is 0 Å². The first-order valence-electron chi connectivity index (χ1n) is 8.17. The molecule has 0 fully saturated rings. The average molecular weight is 287 g/mol. The van der Waals surface area contributed by atoms with E-state index in [-0.39, 0.29) is 0 Å². The molecule has 0 bridgehead atoms. The van der Waals surface area contributed by atoms with Crippen molar-refractivity contribution in [1.82, 2.24) is 5.32 Å². The van der Waals surface area contributed by atoms with Crippen LogP contribution < -0.4 is 10.1 Å². The molecule has 0 saturated carbocycles. The van der Waals surface area contributed by atoms with Gasteiger partial charge in [-0.25, -0.2) is 0 Å². The van der Waals surface area contributed by atoms with Gasteiger partial charge in [-0.1, -0.05) is 32.4 Å². The Balaban J connectivity index is 2.60. The lowest BCUT2D eigenvalue weighted by molar-refractivity contribution is 0.309. The molecule has 0 radical (unpaired) electrons. The third kappa shape index (κ3) is 7.20. The Kier molecular flexibility index (Phi) is 9.40. The van der Waals surface area contributed by atoms with E-state index in [2.05, 4.69) is 55.3 Å². The maximum Gasteiger partial charge on any atom is 0.119 e. The molecule has 0 amide bonds. The molecule has 0 spiro atoms. The molecular formula is C19H29NO. The first-order valence-corrected chi connectivity index (χ1v) is 8.17. The Morgan fingerprint density at radius 1 is 1.14 bits per heavy atom. The third-order valence-corrected chi connectivity index (χ3v) is 3.42. The summed E-state index contributed by atoms with van der Waals surface area (Å²) in [5.74, 6) is 7.09. The summed E-state index contributed by atoms with van der Waals surface area (Å²) in [6.45, 7) is 8.12. The SMILES string of the molecule is CC#CCCC(NCCC)c1ccc(OCCCC)cc1. The van der Waals surface area contributed by atoms with Crippen LogP contribution in [0.1, 0.15) is 64.5 Å². The number of hydrogen-bond acceptors (Lipinski definition) is 2. The van der Waals surface area contributed by atoms with E-state index >= 15 is 0 Å². The van der Waals surface area contributed by atoms with Crippen LogP contribution in [0.15, 0.2) is 24.3 Å². The van der Waals surface area contributed by atoms with Crippen molar-refractivity contribution in [3.8, 4) is 17.6 Å². The lowest BCUT2D eigenvalue weighted by atomic mass is 10.0. The van der Waals surface area contributed by atoms with Crippen LogP contribution >= 0.6 is 0 Å². The zero-order valence-electron chi connectivity index (χ0n) is 13.7. The number of hydrogen-bond donors (Lipinski definition) is 1. The molecule has 0 aliphatic rings. The van der Waals surface area contributed by atoms with Crippen LogP contribution in [0.2, 0.25) is 0 Å². The third-order valence-electron chi connectivity index (χ3n) is 3.42. The Morgan fingerprint density at radius 2 is 1.90 bits per heavy atom. The Labute approximate surface area is 130 Å². The zero-order valence-corrected chi connectivity index (χ0v) is 13.7. The van der Waals surface area contributed by atoms with Crippen molar-refractivity contribution in [2.75, 3.05) is 13.2 Å². The molecule has 0 saturated heterocycles. The van der Waals surface area contributed by atoms with Gasteiger partial charge in [-0.3, -0.25) is 0 Å². The highest BCUT2D eigenvalue weighted by molar-refractivity contribution is 5.29. The fourth-order valence-electron chi connectivity index (χ4n) is 2.18. The van der Waals surface area contributed by atoms with Crippen molar-refractivity contribution < 1.29 is 4.74 Å². The normalized spacial score (nSPS) is 11.6. The number of nitrogens with one attached hydrogen (secondary N) is 1. The van der Waals surface area contributed by atoms with Crippen molar-refractivity contribution >= 4 is 0 Å². The molecule has 21 heavy (non-hydrogen) atoms. The van der Waals surface area contributed by atoms with E-state index in [1.54, 1.807) is 0 Å². The lowest BCUT2D eigenvalue weighted by Gasteiger charge is -2.18. The molecule has 116 valence electrons. The van der Waals surface area contributed by atoms with Gasteiger partial charge in [-0.05, 0) is 50.4 Å². The summed E-state index contributed by atoms with van der Waals surface area (Å²) < 4.78 is 5.72. The minimum atomic E-state index is 0.385. The summed E-state index contributed by atoms with van der Waals surface area (Å²) in [4.78, 5) is 0. The summed E-state index contributed by atoms with van der Waals surface area (Å²) in [6, 6.07) is 8.89. The van der Waals surface area contributed by atoms with Crippen molar-refractivity contribution in [1.29, 1.82) is 0 Å². The van der Waals surface area contributed by atoms with Gasteiger partial charge >= 0.3 is 0 Å². The van der Waals surface area contributed by atoms with E-state index in [0.717, 1.165) is 44.6 Å². The predicted octanol–water partition coefficient (Wildman–Crippen LogP) is 4.71. The quantitative estimate of drug-likeness (QED) is 0.497. The summed E-state index contributed by atoms with van der Waals surface area (Å²) in [5, 5.41) is 3.61. The number of benzene rings is 1. The zero-order chi connectivity index (χ0) is 15.3. The van der Waals surface area contributed by atoms with Gasteiger partial charge in [0.1, 0.15) is 5.75 Å². The minimum absolute atomic E-state index is 0.385. The predicted molar refractivity (Wildman–Crippen MR) is 90.6 cm³/mol. The van der Waals surface area contributed by atoms with Crippen LogP contribution in [0.3, 0.4) is 0 Å². The molecule has 0 aliphatic carbocycles. The largest absolute Gasteiger partial charge is 0.494 e. The fraction of sp³-hybridized carbons (Fsp3) is 0.579. The van der Waals surface area contributed by atoms with E-state index in [1.165, 1.54) is 12.0 Å². The van der Waals surface area contributed by atoms with E-state index in [1.807, 2.05) is 6.92 Å². The number of unbranched alkanes of at least 4 members (excludes halogenated alkanes) is 1. The molecule has 1 atom stereocenters. The summed E-state index contributed by atoms with van der Waals surface area (Å²) in [5.41, 5.74) is 1.32. The first-order chi connectivity index (χ1) is 10.3. The maximum atomic E-state index is 5.72. The Bertz CT molecular complexity index is 427. The van der Waals surface area contributed by atoms with Gasteiger partial charge in [-0.15, -0.1) is 11.8 Å². The monoisotopic (exact) mass is 287 g/mol. The second-order valence-electron chi connectivity index (χ2n) is 5.24. The van der Waals surface area contributed by atoms with Crippen molar-refractivity contribution in [3.05, 3.63) is 29.8 Å². The van der Waals surface area contributed by atoms with Crippen molar-refractivity contribution in [2.24, 2.45) is 0 Å². The van der Waals surface area contributed by atoms with Crippen LogP contribution in [0.25, 0.3) is 0 Å². The summed E-state index contributed by atoms with van der Waals surface area (Å²) in [7, 11) is 0. The summed E-state index contributed by atoms with van der Waals surface area (Å²) in [6.07, 6.45) is 5.41. The molecule has 1 rings (SSSR count). The second kappa shape index (κ2) is 11.2. The van der Waals surface area contributed by atoms with E-state index in [4.69, 9.17) is 4.74 Å². The van der Waals surface area contributed by atoms with Gasteiger partial charge in [0.2, 0.25) is 0 Å². The van der Waals surface area contributed by atoms with E-state index in [0.29, 0.717) is 6.04 Å². The molecule has 1 unspecified atom stereocenters. The van der Waals surface area contributed by atoms with Gasteiger partial charge in [-0.2, -0.15) is 0 Å². The smallest absolute Gasteiger partial charge is 0.119 e. The Hall–Kier alpha value is -1.46. The average Bonchev–Trinajstić information content (AvgIpc) is 2.52. The second-order valence-corrected chi connectivity index (χ2v) is 5.24. The molecular weight excluding hydrogens is 258 g/mol. The van der Waals surface area contributed by atoms with Gasteiger partial charge in [0.15, 0.2) is 0 Å². The van der Waals surface area contributed by atoms with Crippen molar-refractivity contribution in [2.45, 2.75) is 58.9 Å². The fourth-order valence-corrected chi connectivity index (χ4v) is 2.18. The molecule has 0 aromatic heterocycles. The van der Waals surface area contributed by atoms with Gasteiger partial charge in [0.25, 0.3) is 0 Å². The Morgan fingerprint density at radius 3 is 2.52 bits per heavy atom. The highest BCUT2D eigenvalue weighted by Gasteiger charge is 2.09. The molecule has 0 heterocycles. The van der Waals surface area contributed by atoms with Crippen LogP contribution in [-0.2, 0) is 0 Å². The summed E-state index contributed by atoms with van der Waals surface area (Å²) >= 11 is 0. The molecule has 0 aliphatic heterocycles. The first kappa shape index (κ1) is 17.6. The van der Waals surface area contributed by atoms with Crippen LogP contribution in [0.5, 0.6) is 5.75 Å². The van der Waals surface area contributed by atoms with E-state index < -0.39 is 0 Å². The lowest BCUT2D eigenvalue weighted by Crippen LogP contribution is -2.22. The molecule has 1 aromatic rings.